The molecule has 1 aromatic carbocycles. The van der Waals surface area contributed by atoms with Gasteiger partial charge in [-0.05, 0) is 68.2 Å². The average molecular weight is 611 g/mol. The van der Waals surface area contributed by atoms with Gasteiger partial charge in [-0.3, -0.25) is 10.8 Å². The number of nitrogens with zero attached hydrogens (tertiary/aromatic N) is 3. The minimum Gasteiger partial charge on any atom is -0.298 e. The van der Waals surface area contributed by atoms with Crippen LogP contribution < -0.4 is 0 Å². The molecule has 0 fully saturated rings. The zero-order valence-electron chi connectivity index (χ0n) is 27.8. The Hall–Kier alpha value is -3.16. The van der Waals surface area contributed by atoms with Crippen molar-refractivity contribution in [2.75, 3.05) is 0 Å². The fraction of sp³-hybridized carbons (Fsp3) is 0.472. The monoisotopic (exact) mass is 609 g/mol. The van der Waals surface area contributed by atoms with E-state index in [0.29, 0.717) is 34.2 Å². The third-order valence-corrected chi connectivity index (χ3v) is 6.95. The second kappa shape index (κ2) is 13.4. The van der Waals surface area contributed by atoms with Crippen molar-refractivity contribution < 1.29 is 16.5 Å². The summed E-state index contributed by atoms with van der Waals surface area (Å²) in [6.45, 7) is 27.4. The molecule has 3 rings (SSSR count). The summed E-state index contributed by atoms with van der Waals surface area (Å²) in [6, 6.07) is 9.54. The van der Waals surface area contributed by atoms with E-state index in [1.165, 1.54) is 6.92 Å². The number of hydrogen-bond acceptors (Lipinski definition) is 5. The molecule has 0 saturated carbocycles. The van der Waals surface area contributed by atoms with Gasteiger partial charge in [-0.2, -0.15) is 5.26 Å². The third kappa shape index (κ3) is 9.17. The predicted molar refractivity (Wildman–Crippen MR) is 178 cm³/mol. The van der Waals surface area contributed by atoms with Crippen molar-refractivity contribution in [3.8, 4) is 6.07 Å². The van der Waals surface area contributed by atoms with Gasteiger partial charge in [-0.1, -0.05) is 107 Å². The first-order valence-corrected chi connectivity index (χ1v) is 14.3. The van der Waals surface area contributed by atoms with Crippen LogP contribution in [-0.2, 0) is 16.5 Å². The largest absolute Gasteiger partial charge is 0.298 e. The number of aliphatic imine (C=N–C) groups is 2. The Morgan fingerprint density at radius 3 is 1.10 bits per heavy atom. The maximum Gasteiger partial charge on any atom is 0.0894 e. The van der Waals surface area contributed by atoms with E-state index in [1.807, 2.05) is 36.4 Å². The van der Waals surface area contributed by atoms with Crippen molar-refractivity contribution in [1.29, 1.82) is 16.1 Å². The Labute approximate surface area is 264 Å². The number of allylic oxidation sites excluding steroid dienone is 8. The summed E-state index contributed by atoms with van der Waals surface area (Å²) in [5, 5.41) is 25.4. The van der Waals surface area contributed by atoms with Crippen molar-refractivity contribution in [1.82, 2.24) is 0 Å². The maximum atomic E-state index is 9.02. The Morgan fingerprint density at radius 1 is 0.571 bits per heavy atom. The van der Waals surface area contributed by atoms with E-state index in [0.717, 1.165) is 22.3 Å². The van der Waals surface area contributed by atoms with Crippen LogP contribution in [0.2, 0.25) is 0 Å². The van der Waals surface area contributed by atoms with Crippen LogP contribution >= 0.6 is 0 Å². The molecule has 2 aliphatic carbocycles. The summed E-state index contributed by atoms with van der Waals surface area (Å²) in [6.07, 6.45) is 8.41. The van der Waals surface area contributed by atoms with E-state index in [9.17, 15) is 0 Å². The number of benzene rings is 1. The number of para-hydroxylation sites is 2. The minimum absolute atomic E-state index is 0. The van der Waals surface area contributed by atoms with Crippen LogP contribution in [0.1, 0.15) is 90.0 Å². The zero-order valence-corrected chi connectivity index (χ0v) is 28.8. The van der Waals surface area contributed by atoms with Crippen molar-refractivity contribution >= 4 is 34.2 Å². The molecule has 2 aliphatic rings. The summed E-state index contributed by atoms with van der Waals surface area (Å²) < 4.78 is 0. The Balaban J connectivity index is 0.00000211. The van der Waals surface area contributed by atoms with E-state index in [-0.39, 0.29) is 38.2 Å². The molecular formula is C36H49N5Ni. The molecular weight excluding hydrogens is 561 g/mol. The number of nitrogens with one attached hydrogen (secondary N) is 2. The molecule has 0 bridgehead atoms. The first-order chi connectivity index (χ1) is 18.6. The van der Waals surface area contributed by atoms with E-state index < -0.39 is 0 Å². The molecule has 0 aliphatic heterocycles. The first kappa shape index (κ1) is 36.9. The van der Waals surface area contributed by atoms with Crippen LogP contribution in [0.5, 0.6) is 0 Å². The standard InChI is InChI=1S/C34H46N4.C2H3N.Ni/c1-31(2,3)21-17-23(33(7,8)9)29(35)27(19-21)37-25-15-13-14-16-26(25)38-28-20-22(32(4,5)6)18-24(30(28)36)34(10,11)12;1-2-3;/h13-20,35-36H,1-12H3;1H3;. The molecule has 0 spiro atoms. The van der Waals surface area contributed by atoms with Crippen LogP contribution in [0, 0.1) is 43.8 Å². The minimum atomic E-state index is -0.177. The van der Waals surface area contributed by atoms with Gasteiger partial charge in [0.15, 0.2) is 0 Å². The fourth-order valence-corrected chi connectivity index (χ4v) is 4.39. The molecule has 0 unspecified atom stereocenters. The van der Waals surface area contributed by atoms with Crippen LogP contribution in [-0.4, -0.2) is 22.8 Å². The van der Waals surface area contributed by atoms with Gasteiger partial charge in [0.05, 0.1) is 40.3 Å². The summed E-state index contributed by atoms with van der Waals surface area (Å²) in [5.41, 5.74) is 7.39. The van der Waals surface area contributed by atoms with Gasteiger partial charge in [0.1, 0.15) is 0 Å². The van der Waals surface area contributed by atoms with E-state index in [2.05, 4.69) is 95.2 Å². The van der Waals surface area contributed by atoms with Gasteiger partial charge >= 0.3 is 0 Å². The van der Waals surface area contributed by atoms with E-state index in [4.69, 9.17) is 26.1 Å². The number of rotatable bonds is 2. The molecule has 6 heteroatoms. The SMILES string of the molecule is CC#N.CC(C)(C)C1=CC(=Nc2ccccc2N=C2C=C(C(C)(C)C)C=C(C(C)(C)C)C2=N)C(=N)C(C(C)(C)C)=C1.[Ni]. The molecule has 228 valence electrons. The number of nitriles is 1. The zero-order chi connectivity index (χ0) is 31.6. The van der Waals surface area contributed by atoms with Crippen molar-refractivity contribution in [3.63, 3.8) is 0 Å². The molecule has 42 heavy (non-hydrogen) atoms. The molecule has 0 saturated heterocycles. The van der Waals surface area contributed by atoms with Gasteiger partial charge in [0.25, 0.3) is 0 Å². The first-order valence-electron chi connectivity index (χ1n) is 14.3. The summed E-state index contributed by atoms with van der Waals surface area (Å²) in [7, 11) is 0. The molecule has 0 radical (unpaired) electrons. The van der Waals surface area contributed by atoms with Gasteiger partial charge in [0, 0.05) is 23.4 Å². The van der Waals surface area contributed by atoms with Crippen LogP contribution in [0.15, 0.2) is 80.8 Å². The number of hydrogen-bond donors (Lipinski definition) is 2. The summed E-state index contributed by atoms with van der Waals surface area (Å²) in [5.74, 6) is 0. The van der Waals surface area contributed by atoms with Crippen LogP contribution in [0.4, 0.5) is 11.4 Å². The Kier molecular flexibility index (Phi) is 11.8. The Bertz CT molecular complexity index is 1340. The third-order valence-electron chi connectivity index (χ3n) is 6.95. The molecule has 0 aromatic heterocycles. The van der Waals surface area contributed by atoms with E-state index >= 15 is 0 Å². The predicted octanol–water partition coefficient (Wildman–Crippen LogP) is 10.3. The summed E-state index contributed by atoms with van der Waals surface area (Å²) in [4.78, 5) is 10.0. The van der Waals surface area contributed by atoms with Crippen molar-refractivity contribution in [2.45, 2.75) is 90.0 Å². The topological polar surface area (TPSA) is 96.2 Å². The molecule has 0 heterocycles. The second-order valence-electron chi connectivity index (χ2n) is 14.8. The van der Waals surface area contributed by atoms with Gasteiger partial charge in [-0.15, -0.1) is 0 Å². The summed E-state index contributed by atoms with van der Waals surface area (Å²) >= 11 is 0. The quantitative estimate of drug-likeness (QED) is 0.253. The van der Waals surface area contributed by atoms with Gasteiger partial charge in [-0.25, -0.2) is 9.98 Å². The van der Waals surface area contributed by atoms with Gasteiger partial charge < -0.3 is 0 Å². The van der Waals surface area contributed by atoms with Crippen LogP contribution in [0.3, 0.4) is 0 Å². The second-order valence-corrected chi connectivity index (χ2v) is 14.8. The molecule has 0 atom stereocenters. The molecule has 5 nitrogen and oxygen atoms in total. The Morgan fingerprint density at radius 2 is 0.857 bits per heavy atom. The van der Waals surface area contributed by atoms with Crippen molar-refractivity contribution in [3.05, 3.63) is 70.9 Å². The fourth-order valence-electron chi connectivity index (χ4n) is 4.39. The van der Waals surface area contributed by atoms with Crippen molar-refractivity contribution in [2.24, 2.45) is 31.6 Å². The maximum absolute atomic E-state index is 9.02. The van der Waals surface area contributed by atoms with Crippen LogP contribution in [0.25, 0.3) is 0 Å². The normalized spacial score (nSPS) is 18.2. The smallest absolute Gasteiger partial charge is 0.0894 e. The molecule has 0 amide bonds. The molecule has 2 N–H and O–H groups in total. The average Bonchev–Trinajstić information content (AvgIpc) is 2.80. The molecule has 1 aromatic rings. The van der Waals surface area contributed by atoms with Gasteiger partial charge in [0.2, 0.25) is 0 Å². The van der Waals surface area contributed by atoms with E-state index in [1.54, 1.807) is 6.07 Å².